The van der Waals surface area contributed by atoms with Crippen LogP contribution in [0.4, 0.5) is 10.5 Å². The molecule has 2 aromatic heterocycles. The molecule has 11 nitrogen and oxygen atoms in total. The number of methoxy groups -OCH3 is 1. The fraction of sp³-hybridized carbons (Fsp3) is 0.419. The van der Waals surface area contributed by atoms with E-state index < -0.39 is 20.0 Å². The van der Waals surface area contributed by atoms with Gasteiger partial charge in [0.05, 0.1) is 31.0 Å². The van der Waals surface area contributed by atoms with Crippen LogP contribution in [-0.4, -0.2) is 66.4 Å². The summed E-state index contributed by atoms with van der Waals surface area (Å²) in [6.07, 6.45) is 3.98. The molecule has 1 saturated heterocycles. The van der Waals surface area contributed by atoms with Crippen molar-refractivity contribution in [3.8, 4) is 28.1 Å². The molecule has 0 spiro atoms. The summed E-state index contributed by atoms with van der Waals surface area (Å²) >= 11 is 7.11. The summed E-state index contributed by atoms with van der Waals surface area (Å²) < 4.78 is 17.8. The number of benzene rings is 2. The summed E-state index contributed by atoms with van der Waals surface area (Å²) in [4.78, 5) is 49.2. The maximum Gasteiger partial charge on any atom is 0.410 e. The predicted molar refractivity (Wildman–Crippen MR) is 223 cm³/mol. The smallest absolute Gasteiger partial charge is 0.410 e. The van der Waals surface area contributed by atoms with Gasteiger partial charge >= 0.3 is 6.09 Å². The van der Waals surface area contributed by atoms with Gasteiger partial charge < -0.3 is 29.4 Å². The normalized spacial score (nSPS) is 14.6. The third-order valence-corrected chi connectivity index (χ3v) is 15.2. The number of amides is 3. The highest BCUT2D eigenvalue weighted by Gasteiger charge is 2.37. The number of hydrogen-bond acceptors (Lipinski definition) is 8. The molecule has 13 heteroatoms. The Bertz CT molecular complexity index is 2080. The number of aromatic nitrogens is 2. The Morgan fingerprint density at radius 1 is 1.02 bits per heavy atom. The van der Waals surface area contributed by atoms with Gasteiger partial charge in [-0.2, -0.15) is 0 Å². The fourth-order valence-electron chi connectivity index (χ4n) is 6.07. The summed E-state index contributed by atoms with van der Waals surface area (Å²) in [5, 5.41) is 6.49. The summed E-state index contributed by atoms with van der Waals surface area (Å²) in [7, 11) is -0.351. The lowest BCUT2D eigenvalue weighted by Crippen LogP contribution is -2.43. The molecule has 1 aliphatic rings. The number of ether oxygens (including phenoxy) is 2. The Labute approximate surface area is 336 Å². The second-order valence-corrected chi connectivity index (χ2v) is 21.9. The topological polar surface area (TPSA) is 132 Å². The van der Waals surface area contributed by atoms with Crippen LogP contribution in [0.1, 0.15) is 81.6 Å². The maximum atomic E-state index is 13.3. The van der Waals surface area contributed by atoms with Gasteiger partial charge in [0.25, 0.3) is 5.91 Å². The van der Waals surface area contributed by atoms with Gasteiger partial charge in [-0.25, -0.2) is 4.79 Å². The van der Waals surface area contributed by atoms with Crippen LogP contribution in [0.3, 0.4) is 0 Å². The van der Waals surface area contributed by atoms with Crippen molar-refractivity contribution in [3.05, 3.63) is 94.4 Å². The summed E-state index contributed by atoms with van der Waals surface area (Å²) in [6, 6.07) is 16.6. The molecule has 0 unspecified atom stereocenters. The zero-order valence-electron chi connectivity index (χ0n) is 34.1. The third kappa shape index (κ3) is 10.3. The van der Waals surface area contributed by atoms with E-state index in [-0.39, 0.29) is 29.4 Å². The van der Waals surface area contributed by atoms with Crippen molar-refractivity contribution < 1.29 is 28.3 Å². The standard InChI is InChI=1S/C43H54ClN5O6Si/c1-27-32(12-11-13-34(27)48-40(51)35-18-14-28(23-46-35)26-54-56(9,10)43(5,6)7)33-20-21-45-39(38(33)44)29-15-16-30(36(22-29)53-8)24-49(41(52)55-42(2,3)4)25-31-17-19-37(50)47-31/h11-16,18,20-23,31H,17,19,24-26H2,1-10H3,(H,47,50)(H,48,51)/t31-/m0/s1. The van der Waals surface area contributed by atoms with Crippen molar-refractivity contribution in [2.45, 2.75) is 104 Å². The molecule has 4 aromatic rings. The van der Waals surface area contributed by atoms with E-state index >= 15 is 0 Å². The SMILES string of the molecule is COc1cc(-c2nccc(-c3cccc(NC(=O)c4ccc(CO[Si](C)(C)C(C)(C)C)cn4)c3C)c2Cl)ccc1CN(C[C@@H]1CCC(=O)N1)C(=O)OC(C)(C)C. The second kappa shape index (κ2) is 17.2. The van der Waals surface area contributed by atoms with Crippen LogP contribution in [0.15, 0.2) is 67.0 Å². The Hall–Kier alpha value is -4.78. The van der Waals surface area contributed by atoms with Crippen LogP contribution in [0.25, 0.3) is 22.4 Å². The van der Waals surface area contributed by atoms with E-state index in [1.807, 2.05) is 76.2 Å². The van der Waals surface area contributed by atoms with Gasteiger partial charge in [-0.1, -0.05) is 62.7 Å². The Morgan fingerprint density at radius 3 is 2.39 bits per heavy atom. The Balaban J connectivity index is 1.34. The number of nitrogens with zero attached hydrogens (tertiary/aromatic N) is 3. The number of rotatable bonds is 12. The van der Waals surface area contributed by atoms with Gasteiger partial charge in [-0.05, 0) is 93.2 Å². The minimum absolute atomic E-state index is 0.0266. The van der Waals surface area contributed by atoms with Crippen LogP contribution < -0.4 is 15.4 Å². The van der Waals surface area contributed by atoms with Gasteiger partial charge in [-0.15, -0.1) is 0 Å². The summed E-state index contributed by atoms with van der Waals surface area (Å²) in [5.41, 5.74) is 5.57. The maximum absolute atomic E-state index is 13.3. The molecule has 0 radical (unpaired) electrons. The first-order chi connectivity index (χ1) is 26.3. The van der Waals surface area contributed by atoms with Crippen LogP contribution in [0.2, 0.25) is 23.2 Å². The van der Waals surface area contributed by atoms with E-state index in [0.717, 1.165) is 33.4 Å². The van der Waals surface area contributed by atoms with E-state index in [0.29, 0.717) is 53.8 Å². The Morgan fingerprint density at radius 2 is 1.77 bits per heavy atom. The number of halogens is 1. The number of anilines is 1. The molecule has 1 fully saturated rings. The van der Waals surface area contributed by atoms with E-state index in [1.165, 1.54) is 0 Å². The van der Waals surface area contributed by atoms with Crippen molar-refractivity contribution in [3.63, 3.8) is 0 Å². The monoisotopic (exact) mass is 799 g/mol. The summed E-state index contributed by atoms with van der Waals surface area (Å²) in [6.45, 7) is 19.4. The van der Waals surface area contributed by atoms with Crippen LogP contribution in [0, 0.1) is 6.92 Å². The molecular weight excluding hydrogens is 746 g/mol. The van der Waals surface area contributed by atoms with Crippen LogP contribution in [0.5, 0.6) is 5.75 Å². The number of carbonyl (C=O) groups is 3. The predicted octanol–water partition coefficient (Wildman–Crippen LogP) is 9.57. The molecule has 0 bridgehead atoms. The number of nitrogens with one attached hydrogen (secondary N) is 2. The molecule has 1 aliphatic heterocycles. The zero-order valence-corrected chi connectivity index (χ0v) is 35.9. The van der Waals surface area contributed by atoms with Crippen LogP contribution in [-0.2, 0) is 27.1 Å². The third-order valence-electron chi connectivity index (χ3n) is 10.3. The fourth-order valence-corrected chi connectivity index (χ4v) is 7.35. The summed E-state index contributed by atoms with van der Waals surface area (Å²) in [5.74, 6) is 0.191. The van der Waals surface area contributed by atoms with E-state index in [4.69, 9.17) is 25.5 Å². The van der Waals surface area contributed by atoms with Gasteiger partial charge in [-0.3, -0.25) is 19.6 Å². The van der Waals surface area contributed by atoms with Gasteiger partial charge in [0.2, 0.25) is 5.91 Å². The van der Waals surface area contributed by atoms with Crippen molar-refractivity contribution in [2.75, 3.05) is 19.0 Å². The zero-order chi connectivity index (χ0) is 41.0. The van der Waals surface area contributed by atoms with Gasteiger partial charge in [0.15, 0.2) is 8.32 Å². The molecule has 1 atom stereocenters. The first-order valence-corrected chi connectivity index (χ1v) is 22.1. The lowest BCUT2D eigenvalue weighted by atomic mass is 9.97. The molecule has 2 aromatic carbocycles. The highest BCUT2D eigenvalue weighted by Crippen LogP contribution is 2.40. The molecule has 0 aliphatic carbocycles. The van der Waals surface area contributed by atoms with Crippen molar-refractivity contribution in [1.82, 2.24) is 20.2 Å². The van der Waals surface area contributed by atoms with Crippen molar-refractivity contribution in [1.29, 1.82) is 0 Å². The minimum Gasteiger partial charge on any atom is -0.496 e. The second-order valence-electron chi connectivity index (χ2n) is 16.7. The van der Waals surface area contributed by atoms with Gasteiger partial charge in [0, 0.05) is 53.8 Å². The number of hydrogen-bond donors (Lipinski definition) is 2. The molecule has 5 rings (SSSR count). The average Bonchev–Trinajstić information content (AvgIpc) is 3.55. The molecule has 3 amide bonds. The van der Waals surface area contributed by atoms with Crippen molar-refractivity contribution in [2.24, 2.45) is 0 Å². The molecule has 298 valence electrons. The Kier molecular flexibility index (Phi) is 13.0. The largest absolute Gasteiger partial charge is 0.496 e. The van der Waals surface area contributed by atoms with Crippen molar-refractivity contribution >= 4 is 43.5 Å². The van der Waals surface area contributed by atoms with Crippen LogP contribution >= 0.6 is 11.6 Å². The first-order valence-electron chi connectivity index (χ1n) is 18.9. The molecule has 3 heterocycles. The first kappa shape index (κ1) is 42.4. The highest BCUT2D eigenvalue weighted by molar-refractivity contribution is 6.74. The molecule has 0 saturated carbocycles. The highest BCUT2D eigenvalue weighted by atomic mass is 35.5. The number of pyridine rings is 2. The average molecular weight is 800 g/mol. The lowest BCUT2D eigenvalue weighted by Gasteiger charge is -2.36. The minimum atomic E-state index is -1.92. The molecule has 56 heavy (non-hydrogen) atoms. The van der Waals surface area contributed by atoms with E-state index in [2.05, 4.69) is 54.5 Å². The molecular formula is C43H54ClN5O6Si. The van der Waals surface area contributed by atoms with E-state index in [9.17, 15) is 14.4 Å². The molecule has 2 N–H and O–H groups in total. The number of carbonyl (C=O) groups excluding carboxylic acids is 3. The van der Waals surface area contributed by atoms with E-state index in [1.54, 1.807) is 30.5 Å². The lowest BCUT2D eigenvalue weighted by molar-refractivity contribution is -0.119. The van der Waals surface area contributed by atoms with Gasteiger partial charge in [0.1, 0.15) is 17.0 Å². The quantitative estimate of drug-likeness (QED) is 0.136.